The highest BCUT2D eigenvalue weighted by Gasteiger charge is 2.27. The normalized spacial score (nSPS) is 11.8. The molecule has 0 spiro atoms. The van der Waals surface area contributed by atoms with Gasteiger partial charge < -0.3 is 4.74 Å². The molecule has 2 aromatic carbocycles. The summed E-state index contributed by atoms with van der Waals surface area (Å²) in [6, 6.07) is 18.1. The topological polar surface area (TPSA) is 43.4 Å². The Kier molecular flexibility index (Phi) is 5.10. The lowest BCUT2D eigenvalue weighted by atomic mass is 9.97. The molecule has 1 unspecified atom stereocenters. The summed E-state index contributed by atoms with van der Waals surface area (Å²) in [6.45, 7) is 3.95. The van der Waals surface area contributed by atoms with Crippen LogP contribution in [0.4, 0.5) is 0 Å². The third-order valence-electron chi connectivity index (χ3n) is 4.08. The van der Waals surface area contributed by atoms with E-state index in [4.69, 9.17) is 4.74 Å². The maximum absolute atomic E-state index is 13.0. The van der Waals surface area contributed by atoms with Gasteiger partial charge in [-0.05, 0) is 42.5 Å². The first-order chi connectivity index (χ1) is 12.1. The molecule has 0 bridgehead atoms. The van der Waals surface area contributed by atoms with Crippen molar-refractivity contribution in [2.45, 2.75) is 20.0 Å². The third kappa shape index (κ3) is 3.86. The molecule has 3 rings (SSSR count). The van der Waals surface area contributed by atoms with Crippen molar-refractivity contribution < 1.29 is 14.3 Å². The highest BCUT2D eigenvalue weighted by atomic mass is 32.1. The number of carbonyl (C=O) groups is 2. The molecule has 126 valence electrons. The molecule has 0 N–H and O–H groups in total. The third-order valence-corrected chi connectivity index (χ3v) is 4.93. The second kappa shape index (κ2) is 7.45. The van der Waals surface area contributed by atoms with Crippen LogP contribution in [0.3, 0.4) is 0 Å². The molecule has 0 aliphatic heterocycles. The maximum atomic E-state index is 13.0. The number of hydrogen-bond donors (Lipinski definition) is 0. The standard InChI is InChI=1S/C21H18O3S/c1-14-10-11-17(13-15(14)2)19(22)20(16-7-4-3-5-8-16)24-21(23)18-9-6-12-25-18/h3-13,20H,1-2H3. The van der Waals surface area contributed by atoms with Gasteiger partial charge in [0.2, 0.25) is 5.78 Å². The first-order valence-corrected chi connectivity index (χ1v) is 8.85. The molecule has 0 aliphatic rings. The molecule has 0 saturated heterocycles. The molecule has 3 aromatic rings. The van der Waals surface area contributed by atoms with Gasteiger partial charge in [0.15, 0.2) is 6.10 Å². The predicted molar refractivity (Wildman–Crippen MR) is 99.2 cm³/mol. The van der Waals surface area contributed by atoms with E-state index in [1.807, 2.05) is 44.2 Å². The van der Waals surface area contributed by atoms with E-state index in [-0.39, 0.29) is 5.78 Å². The monoisotopic (exact) mass is 350 g/mol. The van der Waals surface area contributed by atoms with Crippen molar-refractivity contribution in [3.8, 4) is 0 Å². The Labute approximate surface area is 150 Å². The summed E-state index contributed by atoms with van der Waals surface area (Å²) in [7, 11) is 0. The SMILES string of the molecule is Cc1ccc(C(=O)C(OC(=O)c2cccs2)c2ccccc2)cc1C. The van der Waals surface area contributed by atoms with Crippen molar-refractivity contribution in [2.75, 3.05) is 0 Å². The molecule has 1 atom stereocenters. The van der Waals surface area contributed by atoms with E-state index >= 15 is 0 Å². The van der Waals surface area contributed by atoms with E-state index in [9.17, 15) is 9.59 Å². The summed E-state index contributed by atoms with van der Waals surface area (Å²) in [5.74, 6) is -0.708. The Morgan fingerprint density at radius 3 is 2.32 bits per heavy atom. The van der Waals surface area contributed by atoms with Gasteiger partial charge in [0.25, 0.3) is 0 Å². The fourth-order valence-electron chi connectivity index (χ4n) is 2.51. The minimum absolute atomic E-state index is 0.223. The number of benzene rings is 2. The number of aryl methyl sites for hydroxylation is 2. The van der Waals surface area contributed by atoms with Gasteiger partial charge in [-0.3, -0.25) is 4.79 Å². The molecule has 25 heavy (non-hydrogen) atoms. The van der Waals surface area contributed by atoms with Crippen molar-refractivity contribution in [2.24, 2.45) is 0 Å². The largest absolute Gasteiger partial charge is 0.445 e. The number of ketones is 1. The quantitative estimate of drug-likeness (QED) is 0.472. The van der Waals surface area contributed by atoms with Crippen molar-refractivity contribution in [3.63, 3.8) is 0 Å². The summed E-state index contributed by atoms with van der Waals surface area (Å²) < 4.78 is 5.59. The van der Waals surface area contributed by atoms with E-state index in [1.165, 1.54) is 11.3 Å². The zero-order valence-electron chi connectivity index (χ0n) is 14.1. The van der Waals surface area contributed by atoms with Gasteiger partial charge >= 0.3 is 5.97 Å². The smallest absolute Gasteiger partial charge is 0.349 e. The zero-order chi connectivity index (χ0) is 17.8. The highest BCUT2D eigenvalue weighted by Crippen LogP contribution is 2.26. The fourth-order valence-corrected chi connectivity index (χ4v) is 3.11. The number of esters is 1. The lowest BCUT2D eigenvalue weighted by Crippen LogP contribution is -2.20. The van der Waals surface area contributed by atoms with Crippen LogP contribution in [0.2, 0.25) is 0 Å². The Balaban J connectivity index is 1.94. The lowest BCUT2D eigenvalue weighted by Gasteiger charge is -2.17. The number of hydrogen-bond acceptors (Lipinski definition) is 4. The molecule has 1 aromatic heterocycles. The number of rotatable bonds is 5. The fraction of sp³-hybridized carbons (Fsp3) is 0.143. The Morgan fingerprint density at radius 1 is 0.920 bits per heavy atom. The van der Waals surface area contributed by atoms with Crippen LogP contribution in [0.25, 0.3) is 0 Å². The molecule has 0 fully saturated rings. The molecule has 3 nitrogen and oxygen atoms in total. The van der Waals surface area contributed by atoms with Gasteiger partial charge in [0.05, 0.1) is 0 Å². The van der Waals surface area contributed by atoms with Gasteiger partial charge in [-0.15, -0.1) is 11.3 Å². The highest BCUT2D eigenvalue weighted by molar-refractivity contribution is 7.11. The van der Waals surface area contributed by atoms with Gasteiger partial charge in [0, 0.05) is 11.1 Å². The van der Waals surface area contributed by atoms with Crippen LogP contribution in [0.15, 0.2) is 66.0 Å². The van der Waals surface area contributed by atoms with Crippen molar-refractivity contribution in [1.29, 1.82) is 0 Å². The molecular weight excluding hydrogens is 332 g/mol. The minimum Gasteiger partial charge on any atom is -0.445 e. The Morgan fingerprint density at radius 2 is 1.68 bits per heavy atom. The maximum Gasteiger partial charge on any atom is 0.349 e. The van der Waals surface area contributed by atoms with Crippen molar-refractivity contribution >= 4 is 23.1 Å². The van der Waals surface area contributed by atoms with E-state index in [0.717, 1.165) is 11.1 Å². The van der Waals surface area contributed by atoms with Gasteiger partial charge in [-0.2, -0.15) is 0 Å². The first-order valence-electron chi connectivity index (χ1n) is 7.97. The summed E-state index contributed by atoms with van der Waals surface area (Å²) in [5.41, 5.74) is 3.34. The Hall–Kier alpha value is -2.72. The molecule has 0 aliphatic carbocycles. The number of Topliss-reactive ketones (excluding diaryl/α,β-unsaturated/α-hetero) is 1. The summed E-state index contributed by atoms with van der Waals surface area (Å²) in [4.78, 5) is 25.9. The molecule has 4 heteroatoms. The van der Waals surface area contributed by atoms with E-state index in [1.54, 1.807) is 35.7 Å². The van der Waals surface area contributed by atoms with Crippen molar-refractivity contribution in [3.05, 3.63) is 93.2 Å². The van der Waals surface area contributed by atoms with Crippen LogP contribution in [0.1, 0.15) is 42.8 Å². The predicted octanol–water partition coefficient (Wildman–Crippen LogP) is 5.15. The molecule has 1 heterocycles. The minimum atomic E-state index is -0.960. The Bertz CT molecular complexity index is 883. The van der Waals surface area contributed by atoms with Crippen molar-refractivity contribution in [1.82, 2.24) is 0 Å². The van der Waals surface area contributed by atoms with Crippen LogP contribution in [-0.4, -0.2) is 11.8 Å². The molecule has 0 saturated carbocycles. The van der Waals surface area contributed by atoms with E-state index in [2.05, 4.69) is 0 Å². The van der Waals surface area contributed by atoms with Gasteiger partial charge in [-0.1, -0.05) is 48.5 Å². The molecule has 0 radical (unpaired) electrons. The number of ether oxygens (including phenoxy) is 1. The zero-order valence-corrected chi connectivity index (χ0v) is 14.9. The first kappa shape index (κ1) is 17.1. The summed E-state index contributed by atoms with van der Waals surface area (Å²) >= 11 is 1.29. The van der Waals surface area contributed by atoms with Crippen LogP contribution < -0.4 is 0 Å². The average Bonchev–Trinajstić information content (AvgIpc) is 3.17. The summed E-state index contributed by atoms with van der Waals surface area (Å²) in [6.07, 6.45) is -0.960. The molecule has 0 amide bonds. The second-order valence-corrected chi connectivity index (χ2v) is 6.78. The lowest BCUT2D eigenvalue weighted by molar-refractivity contribution is 0.0285. The number of carbonyl (C=O) groups excluding carboxylic acids is 2. The van der Waals surface area contributed by atoms with E-state index < -0.39 is 12.1 Å². The van der Waals surface area contributed by atoms with Gasteiger partial charge in [0.1, 0.15) is 4.88 Å². The van der Waals surface area contributed by atoms with Crippen LogP contribution >= 0.6 is 11.3 Å². The van der Waals surface area contributed by atoms with Crippen LogP contribution in [-0.2, 0) is 4.74 Å². The number of thiophene rings is 1. The average molecular weight is 350 g/mol. The van der Waals surface area contributed by atoms with Gasteiger partial charge in [-0.25, -0.2) is 4.79 Å². The molecular formula is C21H18O3S. The van der Waals surface area contributed by atoms with E-state index in [0.29, 0.717) is 16.0 Å². The summed E-state index contributed by atoms with van der Waals surface area (Å²) in [5, 5.41) is 1.80. The second-order valence-electron chi connectivity index (χ2n) is 5.84. The van der Waals surface area contributed by atoms with Crippen LogP contribution in [0, 0.1) is 13.8 Å². The van der Waals surface area contributed by atoms with Crippen LogP contribution in [0.5, 0.6) is 0 Å².